The fourth-order valence-corrected chi connectivity index (χ4v) is 2.10. The molecule has 5 heteroatoms. The van der Waals surface area contributed by atoms with Gasteiger partial charge in [0.2, 0.25) is 0 Å². The molecule has 0 aliphatic carbocycles. The van der Waals surface area contributed by atoms with E-state index in [0.29, 0.717) is 19.6 Å². The van der Waals surface area contributed by atoms with Gasteiger partial charge in [0, 0.05) is 13.0 Å². The van der Waals surface area contributed by atoms with E-state index in [1.54, 1.807) is 0 Å². The second kappa shape index (κ2) is 9.87. The number of benzene rings is 1. The van der Waals surface area contributed by atoms with Crippen LogP contribution in [-0.2, 0) is 11.3 Å². The number of hydrogen-bond donors (Lipinski definition) is 4. The lowest BCUT2D eigenvalue weighted by molar-refractivity contribution is -0.0370. The highest BCUT2D eigenvalue weighted by atomic mass is 16.5. The summed E-state index contributed by atoms with van der Waals surface area (Å²) in [4.78, 5) is 0. The molecule has 0 aliphatic rings. The van der Waals surface area contributed by atoms with Gasteiger partial charge in [-0.15, -0.1) is 0 Å². The standard InChI is InChI=1S/C16H26O5/c1-12(7-15(19)16(20)8-14(18)9-17)10-21-11-13-5-3-2-4-6-13/h2-6,12,14-20H,7-11H2,1H3/t12?,14-,15+,16+/m1/s1. The Bertz CT molecular complexity index is 370. The first kappa shape index (κ1) is 18.1. The summed E-state index contributed by atoms with van der Waals surface area (Å²) in [7, 11) is 0. The average molecular weight is 298 g/mol. The van der Waals surface area contributed by atoms with Crippen LogP contribution in [-0.4, -0.2) is 52.0 Å². The predicted molar refractivity (Wildman–Crippen MR) is 79.6 cm³/mol. The van der Waals surface area contributed by atoms with E-state index in [9.17, 15) is 15.3 Å². The van der Waals surface area contributed by atoms with E-state index < -0.39 is 24.9 Å². The van der Waals surface area contributed by atoms with Crippen molar-refractivity contribution < 1.29 is 25.2 Å². The predicted octanol–water partition coefficient (Wildman–Crippen LogP) is 0.694. The van der Waals surface area contributed by atoms with Gasteiger partial charge in [-0.25, -0.2) is 0 Å². The van der Waals surface area contributed by atoms with Crippen LogP contribution in [0.1, 0.15) is 25.3 Å². The third-order valence-corrected chi connectivity index (χ3v) is 3.33. The summed E-state index contributed by atoms with van der Waals surface area (Å²) >= 11 is 0. The number of ether oxygens (including phenoxy) is 1. The van der Waals surface area contributed by atoms with Crippen LogP contribution in [0.5, 0.6) is 0 Å². The second-order valence-electron chi connectivity index (χ2n) is 5.55. The molecular weight excluding hydrogens is 272 g/mol. The Hall–Kier alpha value is -0.980. The van der Waals surface area contributed by atoms with E-state index in [4.69, 9.17) is 9.84 Å². The van der Waals surface area contributed by atoms with Gasteiger partial charge in [-0.1, -0.05) is 37.3 Å². The Kier molecular flexibility index (Phi) is 8.49. The summed E-state index contributed by atoms with van der Waals surface area (Å²) in [5.74, 6) is 0.0876. The first-order valence-electron chi connectivity index (χ1n) is 7.29. The van der Waals surface area contributed by atoms with E-state index in [-0.39, 0.29) is 12.3 Å². The number of hydrogen-bond acceptors (Lipinski definition) is 5. The number of aliphatic hydroxyl groups is 4. The zero-order valence-corrected chi connectivity index (χ0v) is 12.4. The van der Waals surface area contributed by atoms with Crippen LogP contribution in [0.4, 0.5) is 0 Å². The van der Waals surface area contributed by atoms with Crippen molar-refractivity contribution in [2.75, 3.05) is 13.2 Å². The van der Waals surface area contributed by atoms with Gasteiger partial charge in [0.1, 0.15) is 0 Å². The number of aliphatic hydroxyl groups excluding tert-OH is 4. The molecule has 0 bridgehead atoms. The average Bonchev–Trinajstić information content (AvgIpc) is 2.48. The smallest absolute Gasteiger partial charge is 0.0824 e. The molecule has 21 heavy (non-hydrogen) atoms. The molecule has 0 spiro atoms. The lowest BCUT2D eigenvalue weighted by Crippen LogP contribution is -2.33. The van der Waals surface area contributed by atoms with Crippen molar-refractivity contribution in [2.24, 2.45) is 5.92 Å². The van der Waals surface area contributed by atoms with Gasteiger partial charge < -0.3 is 25.2 Å². The molecule has 0 aromatic heterocycles. The summed E-state index contributed by atoms with van der Waals surface area (Å²) < 4.78 is 5.58. The number of rotatable bonds is 10. The van der Waals surface area contributed by atoms with Crippen molar-refractivity contribution in [3.63, 3.8) is 0 Å². The normalized spacial score (nSPS) is 17.2. The van der Waals surface area contributed by atoms with Gasteiger partial charge in [-0.3, -0.25) is 0 Å². The molecule has 1 rings (SSSR count). The molecule has 0 heterocycles. The zero-order chi connectivity index (χ0) is 15.7. The maximum absolute atomic E-state index is 9.85. The summed E-state index contributed by atoms with van der Waals surface area (Å²) in [6.45, 7) is 2.53. The van der Waals surface area contributed by atoms with Gasteiger partial charge in [0.05, 0.1) is 31.5 Å². The van der Waals surface area contributed by atoms with Crippen molar-refractivity contribution in [1.82, 2.24) is 0 Å². The monoisotopic (exact) mass is 298 g/mol. The van der Waals surface area contributed by atoms with E-state index >= 15 is 0 Å². The van der Waals surface area contributed by atoms with Crippen LogP contribution in [0.25, 0.3) is 0 Å². The highest BCUT2D eigenvalue weighted by Crippen LogP contribution is 2.14. The molecular formula is C16H26O5. The van der Waals surface area contributed by atoms with Crippen molar-refractivity contribution in [3.05, 3.63) is 35.9 Å². The fraction of sp³-hybridized carbons (Fsp3) is 0.625. The third kappa shape index (κ3) is 7.55. The summed E-state index contributed by atoms with van der Waals surface area (Å²) in [6, 6.07) is 9.83. The largest absolute Gasteiger partial charge is 0.394 e. The van der Waals surface area contributed by atoms with Crippen LogP contribution in [0.3, 0.4) is 0 Å². The van der Waals surface area contributed by atoms with Gasteiger partial charge >= 0.3 is 0 Å². The highest BCUT2D eigenvalue weighted by molar-refractivity contribution is 5.13. The maximum atomic E-state index is 9.85. The maximum Gasteiger partial charge on any atom is 0.0824 e. The minimum atomic E-state index is -1.04. The van der Waals surface area contributed by atoms with Crippen molar-refractivity contribution in [3.8, 4) is 0 Å². The molecule has 1 aromatic rings. The van der Waals surface area contributed by atoms with Gasteiger partial charge in [-0.05, 0) is 17.9 Å². The Balaban J connectivity index is 2.21. The van der Waals surface area contributed by atoms with Crippen LogP contribution in [0.2, 0.25) is 0 Å². The minimum Gasteiger partial charge on any atom is -0.394 e. The molecule has 4 N–H and O–H groups in total. The Morgan fingerprint density at radius 3 is 2.24 bits per heavy atom. The molecule has 0 saturated heterocycles. The van der Waals surface area contributed by atoms with Crippen molar-refractivity contribution >= 4 is 0 Å². The van der Waals surface area contributed by atoms with Crippen LogP contribution in [0.15, 0.2) is 30.3 Å². The quantitative estimate of drug-likeness (QED) is 0.510. The van der Waals surface area contributed by atoms with Crippen LogP contribution in [0, 0.1) is 5.92 Å². The fourth-order valence-electron chi connectivity index (χ4n) is 2.10. The molecule has 1 aromatic carbocycles. The Labute approximate surface area is 125 Å². The zero-order valence-electron chi connectivity index (χ0n) is 12.4. The third-order valence-electron chi connectivity index (χ3n) is 3.33. The summed E-state index contributed by atoms with van der Waals surface area (Å²) in [6.07, 6.45) is -2.62. The molecule has 4 atom stereocenters. The summed E-state index contributed by atoms with van der Waals surface area (Å²) in [5.41, 5.74) is 1.09. The topological polar surface area (TPSA) is 90.2 Å². The molecule has 0 aliphatic heterocycles. The highest BCUT2D eigenvalue weighted by Gasteiger charge is 2.21. The molecule has 120 valence electrons. The van der Waals surface area contributed by atoms with Crippen molar-refractivity contribution in [2.45, 2.75) is 44.7 Å². The van der Waals surface area contributed by atoms with E-state index in [2.05, 4.69) is 0 Å². The Morgan fingerprint density at radius 1 is 1.00 bits per heavy atom. The van der Waals surface area contributed by atoms with Gasteiger partial charge in [0.25, 0.3) is 0 Å². The van der Waals surface area contributed by atoms with Gasteiger partial charge in [-0.2, -0.15) is 0 Å². The SMILES string of the molecule is CC(COCc1ccccc1)C[C@H](O)[C@@H](O)C[C@@H](O)CO. The minimum absolute atomic E-state index is 0.0325. The van der Waals surface area contributed by atoms with E-state index in [1.165, 1.54) is 0 Å². The van der Waals surface area contributed by atoms with E-state index in [0.717, 1.165) is 5.56 Å². The lowest BCUT2D eigenvalue weighted by Gasteiger charge is -2.22. The molecule has 1 unspecified atom stereocenters. The summed E-state index contributed by atoms with van der Waals surface area (Å²) in [5, 5.41) is 37.5. The lowest BCUT2D eigenvalue weighted by atomic mass is 9.97. The van der Waals surface area contributed by atoms with E-state index in [1.807, 2.05) is 37.3 Å². The molecule has 0 amide bonds. The van der Waals surface area contributed by atoms with Crippen LogP contribution >= 0.6 is 0 Å². The molecule has 0 radical (unpaired) electrons. The molecule has 0 saturated carbocycles. The van der Waals surface area contributed by atoms with Crippen LogP contribution < -0.4 is 0 Å². The van der Waals surface area contributed by atoms with Crippen molar-refractivity contribution in [1.29, 1.82) is 0 Å². The first-order chi connectivity index (χ1) is 10.0. The second-order valence-corrected chi connectivity index (χ2v) is 5.55. The first-order valence-corrected chi connectivity index (χ1v) is 7.29. The molecule has 5 nitrogen and oxygen atoms in total. The Morgan fingerprint density at radius 2 is 1.62 bits per heavy atom. The van der Waals surface area contributed by atoms with Gasteiger partial charge in [0.15, 0.2) is 0 Å². The molecule has 0 fully saturated rings.